The van der Waals surface area contributed by atoms with Gasteiger partial charge in [-0.3, -0.25) is 4.18 Å². The molecule has 3 aromatic carbocycles. The van der Waals surface area contributed by atoms with Gasteiger partial charge >= 0.3 is 6.09 Å². The molecule has 2 aliphatic heterocycles. The first-order chi connectivity index (χ1) is 22.2. The van der Waals surface area contributed by atoms with Crippen molar-refractivity contribution in [1.82, 2.24) is 9.80 Å². The fraction of sp³-hybridized carbons (Fsp3) is 0.382. The molecule has 2 heterocycles. The van der Waals surface area contributed by atoms with Gasteiger partial charge in [-0.2, -0.15) is 18.9 Å². The molecule has 2 saturated heterocycles. The molecule has 0 aliphatic carbocycles. The Morgan fingerprint density at radius 2 is 1.33 bits per heavy atom. The predicted octanol–water partition coefficient (Wildman–Crippen LogP) is 4.98. The summed E-state index contributed by atoms with van der Waals surface area (Å²) in [5, 5.41) is 33.0. The average Bonchev–Trinajstić information content (AvgIpc) is 3.64. The smallest absolute Gasteiger partial charge is 0.407 e. The number of carbonyl (C=O) groups is 1. The molecule has 0 spiro atoms. The van der Waals surface area contributed by atoms with Gasteiger partial charge in [0.1, 0.15) is 0 Å². The molecule has 46 heavy (non-hydrogen) atoms. The summed E-state index contributed by atoms with van der Waals surface area (Å²) in [6.45, 7) is 7.96. The molecular weight excluding hydrogens is 604 g/mol. The van der Waals surface area contributed by atoms with Crippen molar-refractivity contribution in [3.63, 3.8) is 0 Å². The number of hydrogen-bond acceptors (Lipinski definition) is 9. The lowest BCUT2D eigenvalue weighted by atomic mass is 10.0. The molecule has 5 rings (SSSR count). The summed E-state index contributed by atoms with van der Waals surface area (Å²) in [5.41, 5.74) is 4.19. The van der Waals surface area contributed by atoms with E-state index in [2.05, 4.69) is 27.7 Å². The highest BCUT2D eigenvalue weighted by atomic mass is 32.2. The normalized spacial score (nSPS) is 17.2. The zero-order valence-corrected chi connectivity index (χ0v) is 26.7. The summed E-state index contributed by atoms with van der Waals surface area (Å²) in [5.74, 6) is 1.02. The molecule has 242 valence electrons. The molecule has 2 atom stereocenters. The maximum atomic E-state index is 12.0. The first-order valence-electron chi connectivity index (χ1n) is 15.3. The van der Waals surface area contributed by atoms with E-state index in [0.717, 1.165) is 49.5 Å². The minimum Gasteiger partial charge on any atom is -0.465 e. The number of nitrogens with zero attached hydrogens (tertiary/aromatic N) is 4. The molecule has 3 aromatic rings. The van der Waals surface area contributed by atoms with E-state index in [1.54, 1.807) is 41.3 Å². The van der Waals surface area contributed by atoms with E-state index in [4.69, 9.17) is 19.8 Å². The quantitative estimate of drug-likeness (QED) is 0.181. The predicted molar refractivity (Wildman–Crippen MR) is 176 cm³/mol. The first kappa shape index (κ1) is 34.3. The van der Waals surface area contributed by atoms with Gasteiger partial charge in [-0.15, -0.1) is 0 Å². The third kappa shape index (κ3) is 10.2. The third-order valence-corrected chi connectivity index (χ3v) is 9.37. The Balaban J connectivity index is 0.000000209. The van der Waals surface area contributed by atoms with Crippen molar-refractivity contribution in [2.75, 3.05) is 63.1 Å². The Hall–Kier alpha value is -4.62. The zero-order valence-electron chi connectivity index (χ0n) is 25.9. The fourth-order valence-corrected chi connectivity index (χ4v) is 6.48. The van der Waals surface area contributed by atoms with Crippen molar-refractivity contribution >= 4 is 27.6 Å². The number of likely N-dealkylation sites (tertiary alicyclic amines) is 2. The van der Waals surface area contributed by atoms with Gasteiger partial charge in [0.25, 0.3) is 10.1 Å². The van der Waals surface area contributed by atoms with E-state index in [1.807, 2.05) is 43.3 Å². The molecule has 0 radical (unpaired) electrons. The molecule has 12 heteroatoms. The topological polar surface area (TPSA) is 159 Å². The molecule has 3 N–H and O–H groups in total. The Labute approximate surface area is 271 Å². The highest BCUT2D eigenvalue weighted by Crippen LogP contribution is 2.31. The van der Waals surface area contributed by atoms with Crippen LogP contribution in [-0.2, 0) is 14.3 Å². The number of rotatable bonds is 12. The summed E-state index contributed by atoms with van der Waals surface area (Å²) < 4.78 is 29.0. The maximum absolute atomic E-state index is 12.0. The van der Waals surface area contributed by atoms with Gasteiger partial charge in [-0.1, -0.05) is 17.7 Å². The van der Waals surface area contributed by atoms with E-state index < -0.39 is 16.2 Å². The van der Waals surface area contributed by atoms with Crippen LogP contribution in [0.3, 0.4) is 0 Å². The van der Waals surface area contributed by atoms with Crippen LogP contribution in [-0.4, -0.2) is 81.8 Å². The van der Waals surface area contributed by atoms with E-state index in [0.29, 0.717) is 49.0 Å². The van der Waals surface area contributed by atoms with E-state index in [1.165, 1.54) is 0 Å². The largest absolute Gasteiger partial charge is 0.465 e. The maximum Gasteiger partial charge on any atom is 0.407 e. The second-order valence-corrected chi connectivity index (χ2v) is 13.1. The number of fused-ring (bicyclic) bond motifs is 1. The van der Waals surface area contributed by atoms with Crippen LogP contribution in [0.25, 0.3) is 0 Å². The van der Waals surface area contributed by atoms with Crippen LogP contribution in [0.4, 0.5) is 16.2 Å². The van der Waals surface area contributed by atoms with Crippen LogP contribution in [0.15, 0.2) is 77.7 Å². The summed E-state index contributed by atoms with van der Waals surface area (Å²) in [7, 11) is -3.69. The van der Waals surface area contributed by atoms with Crippen molar-refractivity contribution in [3.8, 4) is 12.1 Å². The van der Waals surface area contributed by atoms with Crippen molar-refractivity contribution in [3.05, 3.63) is 89.5 Å². The summed E-state index contributed by atoms with van der Waals surface area (Å²) in [4.78, 5) is 15.2. The third-order valence-electron chi connectivity index (χ3n) is 8.04. The Kier molecular flexibility index (Phi) is 12.4. The number of hydrogen-bond donors (Lipinski definition) is 3. The SMILES string of the molecule is Cc1ccc(S(=O)(=O)OCCCNc2ccc(C#N)cc2)cc1.N#Cc1ccc(NCCCN2CC3CN(C(=O)O)CC3C2)cc1. The first-order valence-corrected chi connectivity index (χ1v) is 16.7. The van der Waals surface area contributed by atoms with Crippen LogP contribution in [0.2, 0.25) is 0 Å². The number of carboxylic acid groups (broad SMARTS) is 1. The van der Waals surface area contributed by atoms with Gasteiger partial charge < -0.3 is 25.5 Å². The van der Waals surface area contributed by atoms with Crippen LogP contribution >= 0.6 is 0 Å². The number of amides is 1. The zero-order chi connectivity index (χ0) is 32.9. The molecule has 11 nitrogen and oxygen atoms in total. The van der Waals surface area contributed by atoms with Crippen molar-refractivity contribution in [2.45, 2.75) is 24.7 Å². The molecule has 2 fully saturated rings. The van der Waals surface area contributed by atoms with Gasteiger partial charge in [0.05, 0.1) is 34.8 Å². The highest BCUT2D eigenvalue weighted by molar-refractivity contribution is 7.86. The van der Waals surface area contributed by atoms with Crippen LogP contribution in [0, 0.1) is 41.4 Å². The van der Waals surface area contributed by atoms with Crippen LogP contribution in [0.5, 0.6) is 0 Å². The Morgan fingerprint density at radius 3 is 1.80 bits per heavy atom. The molecule has 0 bridgehead atoms. The minimum atomic E-state index is -3.69. The van der Waals surface area contributed by atoms with Crippen molar-refractivity contribution in [1.29, 1.82) is 10.5 Å². The molecule has 0 saturated carbocycles. The van der Waals surface area contributed by atoms with Gasteiger partial charge in [0.15, 0.2) is 0 Å². The summed E-state index contributed by atoms with van der Waals surface area (Å²) in [6, 6.07) is 25.3. The number of benzene rings is 3. The van der Waals surface area contributed by atoms with Gasteiger partial charge in [-0.05, 0) is 98.8 Å². The molecule has 0 aromatic heterocycles. The molecule has 2 aliphatic rings. The van der Waals surface area contributed by atoms with Crippen molar-refractivity contribution in [2.24, 2.45) is 11.8 Å². The van der Waals surface area contributed by atoms with Crippen LogP contribution in [0.1, 0.15) is 29.5 Å². The molecule has 2 unspecified atom stereocenters. The lowest BCUT2D eigenvalue weighted by Crippen LogP contribution is -2.32. The monoisotopic (exact) mass is 644 g/mol. The van der Waals surface area contributed by atoms with Crippen LogP contribution < -0.4 is 10.6 Å². The summed E-state index contributed by atoms with van der Waals surface area (Å²) in [6.07, 6.45) is 0.824. The average molecular weight is 645 g/mol. The lowest BCUT2D eigenvalue weighted by Gasteiger charge is -2.19. The number of anilines is 2. The van der Waals surface area contributed by atoms with Gasteiger partial charge in [-0.25, -0.2) is 4.79 Å². The van der Waals surface area contributed by atoms with E-state index in [9.17, 15) is 13.2 Å². The summed E-state index contributed by atoms with van der Waals surface area (Å²) >= 11 is 0. The fourth-order valence-electron chi connectivity index (χ4n) is 5.54. The molecular formula is C34H40N6O5S. The second kappa shape index (κ2) is 16.6. The minimum absolute atomic E-state index is 0.111. The second-order valence-electron chi connectivity index (χ2n) is 11.5. The standard InChI is InChI=1S/C17H22N4O2.C17H18N2O3S/c18-8-13-2-4-16(5-3-13)19-6-1-7-20-9-14-11-21(17(22)23)12-15(14)10-20;1-14-3-9-17(10-4-14)23(20,21)22-12-2-11-19-16-7-5-15(13-18)6-8-16/h2-5,14-15,19H,1,6-7,9-12H2,(H,22,23);3-10,19H,2,11-12H2,1H3. The molecule has 1 amide bonds. The van der Waals surface area contributed by atoms with Gasteiger partial charge in [0, 0.05) is 50.6 Å². The van der Waals surface area contributed by atoms with Crippen molar-refractivity contribution < 1.29 is 22.5 Å². The lowest BCUT2D eigenvalue weighted by molar-refractivity contribution is 0.149. The van der Waals surface area contributed by atoms with Gasteiger partial charge in [0.2, 0.25) is 0 Å². The highest BCUT2D eigenvalue weighted by Gasteiger charge is 2.41. The van der Waals surface area contributed by atoms with E-state index >= 15 is 0 Å². The van der Waals surface area contributed by atoms with E-state index in [-0.39, 0.29) is 11.5 Å². The Morgan fingerprint density at radius 1 is 0.826 bits per heavy atom. The Bertz CT molecular complexity index is 1600. The number of aryl methyl sites for hydroxylation is 1. The number of nitriles is 2. The number of nitrogens with one attached hydrogen (secondary N) is 2.